The predicted molar refractivity (Wildman–Crippen MR) is 88.8 cm³/mol. The number of nitrogens with two attached hydrogens (primary N) is 1. The van der Waals surface area contributed by atoms with Crippen LogP contribution in [0.5, 0.6) is 5.75 Å². The lowest BCUT2D eigenvalue weighted by Gasteiger charge is -2.35. The lowest BCUT2D eigenvalue weighted by atomic mass is 9.97. The Morgan fingerprint density at radius 3 is 2.62 bits per heavy atom. The third kappa shape index (κ3) is 3.41. The molecule has 2 N–H and O–H groups in total. The number of hydrogen-bond acceptors (Lipinski definition) is 3. The first-order chi connectivity index (χ1) is 9.89. The van der Waals surface area contributed by atoms with Gasteiger partial charge in [-0.1, -0.05) is 25.1 Å². The van der Waals surface area contributed by atoms with Crippen LogP contribution in [0, 0.1) is 0 Å². The summed E-state index contributed by atoms with van der Waals surface area (Å²) < 4.78 is 6.23. The molecular weight excluding hydrogens is 260 g/mol. The number of fused-ring (bicyclic) bond motifs is 1. The Kier molecular flexibility index (Phi) is 4.95. The van der Waals surface area contributed by atoms with E-state index >= 15 is 0 Å². The van der Waals surface area contributed by atoms with E-state index in [2.05, 4.69) is 57.7 Å². The Morgan fingerprint density at radius 2 is 2.05 bits per heavy atom. The second-order valence-corrected chi connectivity index (χ2v) is 6.96. The van der Waals surface area contributed by atoms with Crippen LogP contribution in [0.3, 0.4) is 0 Å². The molecule has 0 saturated heterocycles. The fourth-order valence-electron chi connectivity index (χ4n) is 3.37. The minimum atomic E-state index is -0.106. The molecule has 0 aromatic heterocycles. The Hall–Kier alpha value is -1.06. The average molecular weight is 290 g/mol. The van der Waals surface area contributed by atoms with Crippen molar-refractivity contribution in [1.29, 1.82) is 0 Å². The molecule has 1 heterocycles. The largest absolute Gasteiger partial charge is 0.487 e. The number of rotatable bonds is 6. The summed E-state index contributed by atoms with van der Waals surface area (Å²) in [6.45, 7) is 12.7. The van der Waals surface area contributed by atoms with Gasteiger partial charge in [-0.15, -0.1) is 0 Å². The molecule has 0 bridgehead atoms. The second-order valence-electron chi connectivity index (χ2n) is 6.96. The van der Waals surface area contributed by atoms with Gasteiger partial charge in [0.25, 0.3) is 0 Å². The standard InChI is InChI=1S/C18H30N2O/c1-6-10-20(13(2)3)16(12-19)15-9-7-8-14-11-18(4,5)21-17(14)15/h7-9,13,16H,6,10-12,19H2,1-5H3. The maximum absolute atomic E-state index is 6.23. The van der Waals surface area contributed by atoms with E-state index in [1.165, 1.54) is 11.1 Å². The van der Waals surface area contributed by atoms with Crippen LogP contribution in [0.15, 0.2) is 18.2 Å². The molecule has 1 aliphatic heterocycles. The van der Waals surface area contributed by atoms with E-state index in [0.717, 1.165) is 25.1 Å². The van der Waals surface area contributed by atoms with Crippen LogP contribution in [0.25, 0.3) is 0 Å². The fraction of sp³-hybridized carbons (Fsp3) is 0.667. The summed E-state index contributed by atoms with van der Waals surface area (Å²) >= 11 is 0. The summed E-state index contributed by atoms with van der Waals surface area (Å²) in [5.41, 5.74) is 8.60. The van der Waals surface area contributed by atoms with Crippen LogP contribution in [0.1, 0.15) is 58.2 Å². The van der Waals surface area contributed by atoms with Crippen molar-refractivity contribution in [2.75, 3.05) is 13.1 Å². The van der Waals surface area contributed by atoms with Crippen LogP contribution in [-0.2, 0) is 6.42 Å². The number of para-hydroxylation sites is 1. The van der Waals surface area contributed by atoms with Gasteiger partial charge in [-0.25, -0.2) is 0 Å². The summed E-state index contributed by atoms with van der Waals surface area (Å²) in [4.78, 5) is 2.49. The molecule has 3 heteroatoms. The molecular formula is C18H30N2O. The van der Waals surface area contributed by atoms with Crippen LogP contribution in [0.4, 0.5) is 0 Å². The van der Waals surface area contributed by atoms with E-state index in [-0.39, 0.29) is 11.6 Å². The Balaban J connectivity index is 2.38. The summed E-state index contributed by atoms with van der Waals surface area (Å²) in [6.07, 6.45) is 2.11. The first-order valence-electron chi connectivity index (χ1n) is 8.16. The number of hydrogen-bond donors (Lipinski definition) is 1. The van der Waals surface area contributed by atoms with Crippen molar-refractivity contribution < 1.29 is 4.74 Å². The maximum Gasteiger partial charge on any atom is 0.128 e. The van der Waals surface area contributed by atoms with Crippen molar-refractivity contribution in [1.82, 2.24) is 4.90 Å². The first-order valence-corrected chi connectivity index (χ1v) is 8.16. The lowest BCUT2D eigenvalue weighted by Crippen LogP contribution is -2.39. The summed E-state index contributed by atoms with van der Waals surface area (Å²) in [5.74, 6) is 1.07. The van der Waals surface area contributed by atoms with Gasteiger partial charge in [-0.2, -0.15) is 0 Å². The summed E-state index contributed by atoms with van der Waals surface area (Å²) in [7, 11) is 0. The minimum absolute atomic E-state index is 0.106. The number of ether oxygens (including phenoxy) is 1. The molecule has 118 valence electrons. The van der Waals surface area contributed by atoms with Gasteiger partial charge >= 0.3 is 0 Å². The Morgan fingerprint density at radius 1 is 1.33 bits per heavy atom. The lowest BCUT2D eigenvalue weighted by molar-refractivity contribution is 0.125. The molecule has 1 atom stereocenters. The zero-order chi connectivity index (χ0) is 15.6. The number of benzene rings is 1. The average Bonchev–Trinajstić information content (AvgIpc) is 2.73. The van der Waals surface area contributed by atoms with Gasteiger partial charge in [-0.05, 0) is 46.2 Å². The van der Waals surface area contributed by atoms with Gasteiger partial charge in [-0.3, -0.25) is 4.90 Å². The Labute approximate surface area is 129 Å². The van der Waals surface area contributed by atoms with Gasteiger partial charge in [0, 0.05) is 24.6 Å². The molecule has 0 amide bonds. The maximum atomic E-state index is 6.23. The molecule has 3 nitrogen and oxygen atoms in total. The van der Waals surface area contributed by atoms with E-state index in [0.29, 0.717) is 12.6 Å². The highest BCUT2D eigenvalue weighted by Gasteiger charge is 2.34. The second kappa shape index (κ2) is 6.37. The van der Waals surface area contributed by atoms with Gasteiger partial charge in [0.1, 0.15) is 11.4 Å². The van der Waals surface area contributed by atoms with E-state index in [1.54, 1.807) is 0 Å². The molecule has 2 rings (SSSR count). The quantitative estimate of drug-likeness (QED) is 0.871. The SMILES string of the molecule is CCCN(C(C)C)C(CN)c1cccc2c1OC(C)(C)C2. The molecule has 0 saturated carbocycles. The van der Waals surface area contributed by atoms with Crippen LogP contribution in [-0.4, -0.2) is 29.6 Å². The molecule has 0 radical (unpaired) electrons. The smallest absolute Gasteiger partial charge is 0.128 e. The monoisotopic (exact) mass is 290 g/mol. The van der Waals surface area contributed by atoms with Crippen molar-refractivity contribution in [2.45, 2.75) is 65.1 Å². The molecule has 1 aromatic carbocycles. The highest BCUT2D eigenvalue weighted by molar-refractivity contribution is 5.47. The zero-order valence-corrected chi connectivity index (χ0v) is 14.1. The first kappa shape index (κ1) is 16.3. The highest BCUT2D eigenvalue weighted by atomic mass is 16.5. The normalized spacial score (nSPS) is 17.9. The zero-order valence-electron chi connectivity index (χ0n) is 14.1. The molecule has 0 aliphatic carbocycles. The van der Waals surface area contributed by atoms with Crippen LogP contribution in [0.2, 0.25) is 0 Å². The molecule has 1 aromatic rings. The van der Waals surface area contributed by atoms with Crippen molar-refractivity contribution in [2.24, 2.45) is 5.73 Å². The predicted octanol–water partition coefficient (Wildman–Crippen LogP) is 3.52. The van der Waals surface area contributed by atoms with Gasteiger partial charge in [0.2, 0.25) is 0 Å². The van der Waals surface area contributed by atoms with Gasteiger partial charge in [0.15, 0.2) is 0 Å². The molecule has 1 aliphatic rings. The van der Waals surface area contributed by atoms with Crippen molar-refractivity contribution in [3.05, 3.63) is 29.3 Å². The highest BCUT2D eigenvalue weighted by Crippen LogP contribution is 2.41. The van der Waals surface area contributed by atoms with Gasteiger partial charge in [0.05, 0.1) is 6.04 Å². The van der Waals surface area contributed by atoms with E-state index in [4.69, 9.17) is 10.5 Å². The molecule has 0 fully saturated rings. The summed E-state index contributed by atoms with van der Waals surface area (Å²) in [5, 5.41) is 0. The van der Waals surface area contributed by atoms with Crippen LogP contribution >= 0.6 is 0 Å². The van der Waals surface area contributed by atoms with E-state index < -0.39 is 0 Å². The summed E-state index contributed by atoms with van der Waals surface area (Å²) in [6, 6.07) is 7.22. The molecule has 21 heavy (non-hydrogen) atoms. The van der Waals surface area contributed by atoms with E-state index in [9.17, 15) is 0 Å². The Bertz CT molecular complexity index is 482. The number of nitrogens with zero attached hydrogens (tertiary/aromatic N) is 1. The van der Waals surface area contributed by atoms with Crippen molar-refractivity contribution in [3.63, 3.8) is 0 Å². The third-order valence-corrected chi connectivity index (χ3v) is 4.25. The topological polar surface area (TPSA) is 38.5 Å². The third-order valence-electron chi connectivity index (χ3n) is 4.25. The van der Waals surface area contributed by atoms with Gasteiger partial charge < -0.3 is 10.5 Å². The van der Waals surface area contributed by atoms with Crippen molar-refractivity contribution in [3.8, 4) is 5.75 Å². The molecule has 0 spiro atoms. The van der Waals surface area contributed by atoms with Crippen LogP contribution < -0.4 is 10.5 Å². The molecule has 1 unspecified atom stereocenters. The fourth-order valence-corrected chi connectivity index (χ4v) is 3.37. The van der Waals surface area contributed by atoms with Crippen molar-refractivity contribution >= 4 is 0 Å². The minimum Gasteiger partial charge on any atom is -0.487 e. The van der Waals surface area contributed by atoms with E-state index in [1.807, 2.05) is 0 Å².